The smallest absolute Gasteiger partial charge is 0.146 e. The third-order valence-electron chi connectivity index (χ3n) is 1.51. The Kier molecular flexibility index (Phi) is 4.73. The highest BCUT2D eigenvalue weighted by Gasteiger charge is 2.03. The minimum absolute atomic E-state index is 0.275. The predicted octanol–water partition coefficient (Wildman–Crippen LogP) is 3.22. The van der Waals surface area contributed by atoms with Crippen molar-refractivity contribution in [3.63, 3.8) is 0 Å². The maximum absolute atomic E-state index is 5.96. The highest BCUT2D eigenvalue weighted by molar-refractivity contribution is 9.10. The summed E-state index contributed by atoms with van der Waals surface area (Å²) in [6.07, 6.45) is 0. The molecule has 0 aliphatic heterocycles. The number of hydrogen-bond donors (Lipinski definition) is 0. The molecule has 4 heteroatoms. The molecule has 0 aromatic heterocycles. The van der Waals surface area contributed by atoms with Gasteiger partial charge in [0.2, 0.25) is 0 Å². The number of rotatable bonds is 4. The minimum atomic E-state index is 0.275. The molecular formula is C9H10BrClO2. The normalized spacial score (nSPS) is 10.4. The number of methoxy groups -OCH3 is 1. The first kappa shape index (κ1) is 11.0. The first-order valence-corrected chi connectivity index (χ1v) is 4.92. The van der Waals surface area contributed by atoms with Crippen LogP contribution in [0.2, 0.25) is 5.02 Å². The monoisotopic (exact) mass is 264 g/mol. The number of benzene rings is 1. The van der Waals surface area contributed by atoms with Crippen molar-refractivity contribution < 1.29 is 9.47 Å². The van der Waals surface area contributed by atoms with Crippen LogP contribution < -0.4 is 0 Å². The van der Waals surface area contributed by atoms with Crippen molar-refractivity contribution in [2.45, 2.75) is 6.61 Å². The molecule has 0 atom stereocenters. The molecule has 0 aliphatic carbocycles. The summed E-state index contributed by atoms with van der Waals surface area (Å²) >= 11 is 9.35. The van der Waals surface area contributed by atoms with Crippen molar-refractivity contribution in [2.24, 2.45) is 0 Å². The van der Waals surface area contributed by atoms with Crippen molar-refractivity contribution >= 4 is 27.5 Å². The van der Waals surface area contributed by atoms with Gasteiger partial charge in [0, 0.05) is 22.2 Å². The number of ether oxygens (including phenoxy) is 2. The Bertz CT molecular complexity index is 258. The highest BCUT2D eigenvalue weighted by atomic mass is 79.9. The van der Waals surface area contributed by atoms with Crippen LogP contribution >= 0.6 is 27.5 Å². The molecule has 0 radical (unpaired) electrons. The van der Waals surface area contributed by atoms with Crippen LogP contribution in [-0.2, 0) is 16.1 Å². The quantitative estimate of drug-likeness (QED) is 0.615. The lowest BCUT2D eigenvalue weighted by molar-refractivity contribution is -0.0392. The summed E-state index contributed by atoms with van der Waals surface area (Å²) in [7, 11) is 1.58. The topological polar surface area (TPSA) is 18.5 Å². The van der Waals surface area contributed by atoms with Gasteiger partial charge in [0.1, 0.15) is 6.79 Å². The Hall–Kier alpha value is -0.0900. The van der Waals surface area contributed by atoms with E-state index in [4.69, 9.17) is 21.1 Å². The van der Waals surface area contributed by atoms with Crippen LogP contribution in [0.1, 0.15) is 5.56 Å². The zero-order valence-corrected chi connectivity index (χ0v) is 9.56. The van der Waals surface area contributed by atoms with Crippen LogP contribution in [-0.4, -0.2) is 13.9 Å². The van der Waals surface area contributed by atoms with Crippen molar-refractivity contribution in [2.75, 3.05) is 13.9 Å². The standard InChI is InChI=1S/C9H10BrClO2/c1-12-6-13-5-7-8(10)3-2-4-9(7)11/h2-4H,5-6H2,1H3. The van der Waals surface area contributed by atoms with Gasteiger partial charge in [-0.2, -0.15) is 0 Å². The SMILES string of the molecule is COCOCc1c(Cl)cccc1Br. The Morgan fingerprint density at radius 2 is 2.23 bits per heavy atom. The molecule has 13 heavy (non-hydrogen) atoms. The fraction of sp³-hybridized carbons (Fsp3) is 0.333. The molecule has 2 nitrogen and oxygen atoms in total. The van der Waals surface area contributed by atoms with E-state index in [-0.39, 0.29) is 6.79 Å². The molecular weight excluding hydrogens is 255 g/mol. The van der Waals surface area contributed by atoms with Crippen LogP contribution in [0.15, 0.2) is 22.7 Å². The van der Waals surface area contributed by atoms with Crippen LogP contribution in [0.3, 0.4) is 0 Å². The van der Waals surface area contributed by atoms with E-state index in [1.165, 1.54) is 0 Å². The van der Waals surface area contributed by atoms with Gasteiger partial charge in [-0.1, -0.05) is 33.6 Å². The maximum atomic E-state index is 5.96. The Morgan fingerprint density at radius 1 is 1.46 bits per heavy atom. The molecule has 0 spiro atoms. The molecule has 72 valence electrons. The number of hydrogen-bond acceptors (Lipinski definition) is 2. The van der Waals surface area contributed by atoms with E-state index in [0.29, 0.717) is 11.6 Å². The van der Waals surface area contributed by atoms with Gasteiger partial charge in [0.05, 0.1) is 6.61 Å². The molecule has 1 rings (SSSR count). The highest BCUT2D eigenvalue weighted by Crippen LogP contribution is 2.25. The molecule has 0 N–H and O–H groups in total. The Labute approximate surface area is 90.9 Å². The van der Waals surface area contributed by atoms with Crippen molar-refractivity contribution in [3.05, 3.63) is 33.3 Å². The van der Waals surface area contributed by atoms with Crippen LogP contribution in [0, 0.1) is 0 Å². The fourth-order valence-corrected chi connectivity index (χ4v) is 1.72. The molecule has 0 heterocycles. The van der Waals surface area contributed by atoms with Gasteiger partial charge in [-0.05, 0) is 12.1 Å². The molecule has 0 aliphatic rings. The van der Waals surface area contributed by atoms with Crippen molar-refractivity contribution in [1.29, 1.82) is 0 Å². The first-order chi connectivity index (χ1) is 6.25. The average Bonchev–Trinajstić information content (AvgIpc) is 2.10. The summed E-state index contributed by atoms with van der Waals surface area (Å²) < 4.78 is 10.9. The van der Waals surface area contributed by atoms with Crippen LogP contribution in [0.4, 0.5) is 0 Å². The molecule has 0 saturated heterocycles. The van der Waals surface area contributed by atoms with Crippen LogP contribution in [0.5, 0.6) is 0 Å². The van der Waals surface area contributed by atoms with E-state index < -0.39 is 0 Å². The second-order valence-corrected chi connectivity index (χ2v) is 3.72. The lowest BCUT2D eigenvalue weighted by Gasteiger charge is -2.06. The molecule has 1 aromatic rings. The zero-order chi connectivity index (χ0) is 9.68. The third kappa shape index (κ3) is 3.27. The second kappa shape index (κ2) is 5.60. The lowest BCUT2D eigenvalue weighted by Crippen LogP contribution is -1.98. The van der Waals surface area contributed by atoms with Gasteiger partial charge in [-0.25, -0.2) is 0 Å². The first-order valence-electron chi connectivity index (χ1n) is 3.75. The summed E-state index contributed by atoms with van der Waals surface area (Å²) in [6, 6.07) is 5.64. The van der Waals surface area contributed by atoms with E-state index in [1.807, 2.05) is 18.2 Å². The maximum Gasteiger partial charge on any atom is 0.146 e. The Morgan fingerprint density at radius 3 is 2.85 bits per heavy atom. The minimum Gasteiger partial charge on any atom is -0.359 e. The zero-order valence-electron chi connectivity index (χ0n) is 7.22. The molecule has 0 bridgehead atoms. The average molecular weight is 266 g/mol. The molecule has 0 amide bonds. The van der Waals surface area contributed by atoms with Gasteiger partial charge >= 0.3 is 0 Å². The second-order valence-electron chi connectivity index (χ2n) is 2.46. The molecule has 0 fully saturated rings. The summed E-state index contributed by atoms with van der Waals surface area (Å²) in [5.74, 6) is 0. The van der Waals surface area contributed by atoms with Crippen molar-refractivity contribution in [3.8, 4) is 0 Å². The van der Waals surface area contributed by atoms with E-state index in [1.54, 1.807) is 7.11 Å². The molecule has 0 saturated carbocycles. The van der Waals surface area contributed by atoms with E-state index >= 15 is 0 Å². The third-order valence-corrected chi connectivity index (χ3v) is 2.61. The summed E-state index contributed by atoms with van der Waals surface area (Å²) in [5.41, 5.74) is 0.946. The summed E-state index contributed by atoms with van der Waals surface area (Å²) in [4.78, 5) is 0. The van der Waals surface area contributed by atoms with Crippen molar-refractivity contribution in [1.82, 2.24) is 0 Å². The molecule has 1 aromatic carbocycles. The van der Waals surface area contributed by atoms with E-state index in [9.17, 15) is 0 Å². The number of halogens is 2. The Balaban J connectivity index is 2.64. The van der Waals surface area contributed by atoms with Crippen LogP contribution in [0.25, 0.3) is 0 Å². The summed E-state index contributed by atoms with van der Waals surface area (Å²) in [5, 5.41) is 0.700. The van der Waals surface area contributed by atoms with Gasteiger partial charge in [-0.15, -0.1) is 0 Å². The predicted molar refractivity (Wildman–Crippen MR) is 55.8 cm³/mol. The lowest BCUT2D eigenvalue weighted by atomic mass is 10.2. The van der Waals surface area contributed by atoms with E-state index in [0.717, 1.165) is 10.0 Å². The van der Waals surface area contributed by atoms with Gasteiger partial charge in [0.25, 0.3) is 0 Å². The summed E-state index contributed by atoms with van der Waals surface area (Å²) in [6.45, 7) is 0.728. The fourth-order valence-electron chi connectivity index (χ4n) is 0.897. The van der Waals surface area contributed by atoms with Gasteiger partial charge in [0.15, 0.2) is 0 Å². The molecule has 0 unspecified atom stereocenters. The van der Waals surface area contributed by atoms with Gasteiger partial charge in [-0.3, -0.25) is 0 Å². The van der Waals surface area contributed by atoms with Gasteiger partial charge < -0.3 is 9.47 Å². The largest absolute Gasteiger partial charge is 0.359 e. The van der Waals surface area contributed by atoms with E-state index in [2.05, 4.69) is 15.9 Å².